The van der Waals surface area contributed by atoms with E-state index < -0.39 is 18.0 Å². The molecule has 0 aromatic heterocycles. The second-order valence-corrected chi connectivity index (χ2v) is 10.5. The van der Waals surface area contributed by atoms with Gasteiger partial charge in [-0.05, 0) is 29.3 Å². The minimum absolute atomic E-state index is 0.0813. The van der Waals surface area contributed by atoms with E-state index in [1.54, 1.807) is 6.07 Å². The molecule has 8 nitrogen and oxygen atoms in total. The predicted octanol–water partition coefficient (Wildman–Crippen LogP) is 4.75. The first kappa shape index (κ1) is 30.5. The zero-order valence-corrected chi connectivity index (χ0v) is 24.8. The van der Waals surface area contributed by atoms with Crippen LogP contribution in [0.25, 0.3) is 0 Å². The molecule has 42 heavy (non-hydrogen) atoms. The third-order valence-electron chi connectivity index (χ3n) is 6.62. The predicted molar refractivity (Wildman–Crippen MR) is 164 cm³/mol. The number of halogens is 1. The van der Waals surface area contributed by atoms with Crippen molar-refractivity contribution in [3.63, 3.8) is 0 Å². The molecule has 0 unspecified atom stereocenters. The largest absolute Gasteiger partial charge is 0.465 e. The number of benzene rings is 4. The van der Waals surface area contributed by atoms with Crippen LogP contribution in [0, 0.1) is 0 Å². The summed E-state index contributed by atoms with van der Waals surface area (Å²) >= 11 is 3.55. The van der Waals surface area contributed by atoms with Crippen molar-refractivity contribution in [2.75, 3.05) is 19.0 Å². The van der Waals surface area contributed by atoms with Gasteiger partial charge in [-0.15, -0.1) is 0 Å². The van der Waals surface area contributed by atoms with E-state index in [1.807, 2.05) is 108 Å². The SMILES string of the molecule is COC(=O)C[NH2+][C@@H](c1ccccc1)c1cc(Br)ccc1NC(=O)[C@@H](Cc1ccccc1)NC(=O)OCc1ccccc1. The molecule has 0 heterocycles. The van der Waals surface area contributed by atoms with Gasteiger partial charge >= 0.3 is 12.1 Å². The molecule has 216 valence electrons. The van der Waals surface area contributed by atoms with Crippen LogP contribution in [-0.4, -0.2) is 37.7 Å². The fraction of sp³-hybridized carbons (Fsp3) is 0.182. The lowest BCUT2D eigenvalue weighted by Crippen LogP contribution is -2.87. The van der Waals surface area contributed by atoms with Gasteiger partial charge in [0.1, 0.15) is 18.7 Å². The zero-order chi connectivity index (χ0) is 29.7. The van der Waals surface area contributed by atoms with E-state index >= 15 is 0 Å². The highest BCUT2D eigenvalue weighted by atomic mass is 79.9. The summed E-state index contributed by atoms with van der Waals surface area (Å²) in [5.41, 5.74) is 3.99. The second kappa shape index (κ2) is 15.5. The molecule has 0 spiro atoms. The molecule has 0 radical (unpaired) electrons. The quantitative estimate of drug-likeness (QED) is 0.196. The normalized spacial score (nSPS) is 12.0. The topological polar surface area (TPSA) is 110 Å². The van der Waals surface area contributed by atoms with Crippen molar-refractivity contribution in [1.29, 1.82) is 0 Å². The minimum Gasteiger partial charge on any atom is -0.465 e. The van der Waals surface area contributed by atoms with Gasteiger partial charge in [0.05, 0.1) is 12.8 Å². The van der Waals surface area contributed by atoms with E-state index in [4.69, 9.17) is 9.47 Å². The number of anilines is 1. The molecule has 4 rings (SSSR count). The Hall–Kier alpha value is -4.47. The van der Waals surface area contributed by atoms with Crippen LogP contribution >= 0.6 is 15.9 Å². The van der Waals surface area contributed by atoms with Crippen molar-refractivity contribution < 1.29 is 29.2 Å². The Bertz CT molecular complexity index is 1470. The number of amides is 2. The summed E-state index contributed by atoms with van der Waals surface area (Å²) in [5, 5.41) is 7.63. The van der Waals surface area contributed by atoms with E-state index in [9.17, 15) is 14.4 Å². The highest BCUT2D eigenvalue weighted by Gasteiger charge is 2.27. The molecule has 4 N–H and O–H groups in total. The fourth-order valence-electron chi connectivity index (χ4n) is 4.49. The second-order valence-electron chi connectivity index (χ2n) is 9.57. The number of carbonyl (C=O) groups excluding carboxylic acids is 3. The van der Waals surface area contributed by atoms with Gasteiger partial charge < -0.3 is 25.4 Å². The number of alkyl carbamates (subject to hydrolysis) is 1. The van der Waals surface area contributed by atoms with Gasteiger partial charge in [0.15, 0.2) is 6.54 Å². The minimum atomic E-state index is -0.915. The smallest absolute Gasteiger partial charge is 0.408 e. The number of nitrogens with two attached hydrogens (primary N) is 1. The number of hydrogen-bond donors (Lipinski definition) is 3. The maximum atomic E-state index is 13.8. The number of carbonyl (C=O) groups is 3. The van der Waals surface area contributed by atoms with Gasteiger partial charge in [-0.25, -0.2) is 9.59 Å². The molecular weight excluding hydrogens is 598 g/mol. The molecule has 0 saturated carbocycles. The van der Waals surface area contributed by atoms with E-state index in [1.165, 1.54) is 7.11 Å². The Balaban J connectivity index is 1.58. The average Bonchev–Trinajstić information content (AvgIpc) is 3.02. The van der Waals surface area contributed by atoms with Crippen LogP contribution in [0.5, 0.6) is 0 Å². The van der Waals surface area contributed by atoms with Crippen molar-refractivity contribution in [2.45, 2.75) is 25.1 Å². The number of esters is 1. The van der Waals surface area contributed by atoms with Gasteiger partial charge in [0.2, 0.25) is 5.91 Å². The van der Waals surface area contributed by atoms with Crippen LogP contribution in [0.1, 0.15) is 28.3 Å². The molecule has 2 amide bonds. The Labute approximate surface area is 253 Å². The van der Waals surface area contributed by atoms with Crippen molar-refractivity contribution in [3.05, 3.63) is 136 Å². The molecule has 9 heteroatoms. The van der Waals surface area contributed by atoms with Gasteiger partial charge in [0.25, 0.3) is 0 Å². The molecule has 4 aromatic carbocycles. The number of hydrogen-bond acceptors (Lipinski definition) is 5. The molecule has 0 aliphatic rings. The average molecular weight is 632 g/mol. The van der Waals surface area contributed by atoms with E-state index in [-0.39, 0.29) is 31.6 Å². The van der Waals surface area contributed by atoms with Crippen LogP contribution in [0.2, 0.25) is 0 Å². The highest BCUT2D eigenvalue weighted by molar-refractivity contribution is 9.10. The van der Waals surface area contributed by atoms with Gasteiger partial charge in [0, 0.05) is 22.0 Å². The van der Waals surface area contributed by atoms with Crippen LogP contribution in [0.3, 0.4) is 0 Å². The lowest BCUT2D eigenvalue weighted by molar-refractivity contribution is -0.677. The fourth-order valence-corrected chi connectivity index (χ4v) is 4.87. The first-order valence-electron chi connectivity index (χ1n) is 13.5. The van der Waals surface area contributed by atoms with E-state index in [0.717, 1.165) is 26.7 Å². The Kier molecular flexibility index (Phi) is 11.3. The number of rotatable bonds is 12. The standard InChI is InChI=1S/C33H32BrN3O5/c1-41-30(38)21-35-31(25-15-9-4-10-16-25)27-20-26(34)17-18-28(27)36-32(39)29(19-23-11-5-2-6-12-23)37-33(40)42-22-24-13-7-3-8-14-24/h2-18,20,29,31,35H,19,21-22H2,1H3,(H,36,39)(H,37,40)/p+1/t29-,31+/m1/s1. The van der Waals surface area contributed by atoms with Gasteiger partial charge in [-0.2, -0.15) is 0 Å². The molecule has 4 aromatic rings. The monoisotopic (exact) mass is 630 g/mol. The highest BCUT2D eigenvalue weighted by Crippen LogP contribution is 2.29. The lowest BCUT2D eigenvalue weighted by atomic mass is 9.96. The summed E-state index contributed by atoms with van der Waals surface area (Å²) in [5.74, 6) is -0.767. The number of quaternary nitrogens is 1. The summed E-state index contributed by atoms with van der Waals surface area (Å²) in [6.07, 6.45) is -0.435. The van der Waals surface area contributed by atoms with E-state index in [0.29, 0.717) is 5.69 Å². The molecule has 0 aliphatic carbocycles. The molecular formula is C33H33BrN3O5+. The summed E-state index contributed by atoms with van der Waals surface area (Å²) in [6, 6.07) is 32.8. The Morgan fingerprint density at radius 3 is 2.10 bits per heavy atom. The van der Waals surface area contributed by atoms with E-state index in [2.05, 4.69) is 26.6 Å². The molecule has 0 fully saturated rings. The summed E-state index contributed by atoms with van der Waals surface area (Å²) in [4.78, 5) is 38.6. The van der Waals surface area contributed by atoms with Crippen molar-refractivity contribution >= 4 is 39.6 Å². The molecule has 0 bridgehead atoms. The summed E-state index contributed by atoms with van der Waals surface area (Å²) in [6.45, 7) is 0.166. The van der Waals surface area contributed by atoms with Crippen LogP contribution < -0.4 is 16.0 Å². The van der Waals surface area contributed by atoms with Crippen LogP contribution in [0.15, 0.2) is 114 Å². The third kappa shape index (κ3) is 9.02. The molecule has 0 saturated heterocycles. The lowest BCUT2D eigenvalue weighted by Gasteiger charge is -2.22. The van der Waals surface area contributed by atoms with Crippen molar-refractivity contribution in [3.8, 4) is 0 Å². The van der Waals surface area contributed by atoms with Crippen molar-refractivity contribution in [2.24, 2.45) is 0 Å². The first-order chi connectivity index (χ1) is 20.4. The molecule has 0 aliphatic heterocycles. The van der Waals surface area contributed by atoms with Crippen LogP contribution in [-0.2, 0) is 32.1 Å². The Morgan fingerprint density at radius 1 is 0.833 bits per heavy atom. The van der Waals surface area contributed by atoms with Gasteiger partial charge in [-0.1, -0.05) is 107 Å². The third-order valence-corrected chi connectivity index (χ3v) is 7.11. The number of nitrogens with one attached hydrogen (secondary N) is 2. The maximum Gasteiger partial charge on any atom is 0.408 e. The van der Waals surface area contributed by atoms with Crippen molar-refractivity contribution in [1.82, 2.24) is 5.32 Å². The first-order valence-corrected chi connectivity index (χ1v) is 14.3. The Morgan fingerprint density at radius 2 is 1.45 bits per heavy atom. The zero-order valence-electron chi connectivity index (χ0n) is 23.2. The number of methoxy groups -OCH3 is 1. The molecule has 2 atom stereocenters. The van der Waals surface area contributed by atoms with Crippen LogP contribution in [0.4, 0.5) is 10.5 Å². The van der Waals surface area contributed by atoms with Gasteiger partial charge in [-0.3, -0.25) is 4.79 Å². The summed E-state index contributed by atoms with van der Waals surface area (Å²) in [7, 11) is 1.35. The number of ether oxygens (including phenoxy) is 2. The maximum absolute atomic E-state index is 13.8. The summed E-state index contributed by atoms with van der Waals surface area (Å²) < 4.78 is 11.1.